The lowest BCUT2D eigenvalue weighted by Gasteiger charge is -2.17. The molecular weight excluding hydrogens is 156 g/mol. The molecule has 0 aromatic carbocycles. The quantitative estimate of drug-likeness (QED) is 0.533. The molecular formula is C13H20. The van der Waals surface area contributed by atoms with Gasteiger partial charge in [-0.2, -0.15) is 0 Å². The van der Waals surface area contributed by atoms with Crippen molar-refractivity contribution in [1.82, 2.24) is 0 Å². The molecule has 0 N–H and O–H groups in total. The third-order valence-electron chi connectivity index (χ3n) is 3.17. The highest BCUT2D eigenvalue weighted by Gasteiger charge is 2.33. The van der Waals surface area contributed by atoms with Crippen molar-refractivity contribution in [3.63, 3.8) is 0 Å². The van der Waals surface area contributed by atoms with E-state index in [9.17, 15) is 0 Å². The van der Waals surface area contributed by atoms with Crippen LogP contribution in [-0.2, 0) is 0 Å². The Balaban J connectivity index is 1.97. The highest BCUT2D eigenvalue weighted by molar-refractivity contribution is 5.15. The molecule has 0 heteroatoms. The molecule has 1 fully saturated rings. The predicted molar refractivity (Wildman–Crippen MR) is 57.4 cm³/mol. The van der Waals surface area contributed by atoms with Crippen LogP contribution in [0.1, 0.15) is 33.6 Å². The number of hydrogen-bond donors (Lipinski definition) is 0. The van der Waals surface area contributed by atoms with Gasteiger partial charge in [-0.3, -0.25) is 0 Å². The summed E-state index contributed by atoms with van der Waals surface area (Å²) in [4.78, 5) is 0. The van der Waals surface area contributed by atoms with Crippen LogP contribution in [0.15, 0.2) is 24.3 Å². The van der Waals surface area contributed by atoms with Crippen molar-refractivity contribution in [3.05, 3.63) is 24.3 Å². The van der Waals surface area contributed by atoms with E-state index >= 15 is 0 Å². The van der Waals surface area contributed by atoms with E-state index in [0.29, 0.717) is 5.41 Å². The van der Waals surface area contributed by atoms with Gasteiger partial charge in [-0.1, -0.05) is 45.1 Å². The largest absolute Gasteiger partial charge is 0.0851 e. The first-order valence-electron chi connectivity index (χ1n) is 5.42. The highest BCUT2D eigenvalue weighted by atomic mass is 14.4. The molecule has 0 aromatic heterocycles. The van der Waals surface area contributed by atoms with Gasteiger partial charge in [0.25, 0.3) is 0 Å². The Bertz CT molecular complexity index is 239. The zero-order valence-corrected chi connectivity index (χ0v) is 8.96. The lowest BCUT2D eigenvalue weighted by molar-refractivity contribution is 0.511. The van der Waals surface area contributed by atoms with Gasteiger partial charge in [0.2, 0.25) is 0 Å². The molecule has 2 aliphatic carbocycles. The molecule has 2 rings (SSSR count). The van der Waals surface area contributed by atoms with Gasteiger partial charge in [-0.25, -0.2) is 0 Å². The molecule has 0 saturated heterocycles. The number of allylic oxidation sites excluding steroid dienone is 4. The Morgan fingerprint density at radius 1 is 1.15 bits per heavy atom. The summed E-state index contributed by atoms with van der Waals surface area (Å²) in [6.07, 6.45) is 12.5. The van der Waals surface area contributed by atoms with Crippen LogP contribution in [0.4, 0.5) is 0 Å². The SMILES string of the molecule is CC(C)(C)/C=C/C1CC2C=CC1C2. The topological polar surface area (TPSA) is 0 Å². The Labute approximate surface area is 81.7 Å². The van der Waals surface area contributed by atoms with Crippen LogP contribution in [0.5, 0.6) is 0 Å². The van der Waals surface area contributed by atoms with E-state index in [1.54, 1.807) is 0 Å². The van der Waals surface area contributed by atoms with E-state index in [1.807, 2.05) is 0 Å². The third-order valence-corrected chi connectivity index (χ3v) is 3.17. The summed E-state index contributed by atoms with van der Waals surface area (Å²) in [5, 5.41) is 0. The second kappa shape index (κ2) is 3.01. The molecule has 13 heavy (non-hydrogen) atoms. The lowest BCUT2D eigenvalue weighted by Crippen LogP contribution is -2.06. The number of hydrogen-bond acceptors (Lipinski definition) is 0. The standard InChI is InChI=1S/C13H20/c1-13(2,3)7-6-12-9-10-4-5-11(12)8-10/h4-7,10-12H,8-9H2,1-3H3/b7-6+. The first-order valence-corrected chi connectivity index (χ1v) is 5.42. The number of fused-ring (bicyclic) bond motifs is 2. The van der Waals surface area contributed by atoms with E-state index in [0.717, 1.165) is 17.8 Å². The third kappa shape index (κ3) is 2.04. The van der Waals surface area contributed by atoms with Crippen molar-refractivity contribution in [3.8, 4) is 0 Å². The van der Waals surface area contributed by atoms with E-state index in [2.05, 4.69) is 45.1 Å². The van der Waals surface area contributed by atoms with E-state index in [1.165, 1.54) is 12.8 Å². The minimum Gasteiger partial charge on any atom is -0.0851 e. The Morgan fingerprint density at radius 3 is 2.38 bits per heavy atom. The maximum atomic E-state index is 2.45. The minimum atomic E-state index is 0.353. The fourth-order valence-electron chi connectivity index (χ4n) is 2.46. The van der Waals surface area contributed by atoms with Crippen molar-refractivity contribution < 1.29 is 0 Å². The van der Waals surface area contributed by atoms with Gasteiger partial charge in [-0.15, -0.1) is 0 Å². The maximum Gasteiger partial charge on any atom is -0.0164 e. The van der Waals surface area contributed by atoms with Crippen molar-refractivity contribution >= 4 is 0 Å². The molecule has 0 spiro atoms. The Kier molecular flexibility index (Phi) is 2.09. The zero-order chi connectivity index (χ0) is 9.47. The average Bonchev–Trinajstić information content (AvgIpc) is 2.58. The fourth-order valence-corrected chi connectivity index (χ4v) is 2.46. The normalized spacial score (nSPS) is 37.9. The molecule has 72 valence electrons. The van der Waals surface area contributed by atoms with Crippen molar-refractivity contribution in [2.24, 2.45) is 23.2 Å². The molecule has 0 radical (unpaired) electrons. The molecule has 0 aromatic rings. The van der Waals surface area contributed by atoms with E-state index in [4.69, 9.17) is 0 Å². The molecule has 3 unspecified atom stereocenters. The van der Waals surface area contributed by atoms with Gasteiger partial charge in [0, 0.05) is 0 Å². The average molecular weight is 176 g/mol. The summed E-state index contributed by atoms with van der Waals surface area (Å²) < 4.78 is 0. The molecule has 0 aliphatic heterocycles. The Hall–Kier alpha value is -0.520. The summed E-state index contributed by atoms with van der Waals surface area (Å²) in [5.74, 6) is 2.61. The van der Waals surface area contributed by atoms with Crippen LogP contribution >= 0.6 is 0 Å². The van der Waals surface area contributed by atoms with Gasteiger partial charge in [0.15, 0.2) is 0 Å². The molecule has 2 aliphatic rings. The molecule has 0 nitrogen and oxygen atoms in total. The minimum absolute atomic E-state index is 0.353. The smallest absolute Gasteiger partial charge is 0.0164 e. The van der Waals surface area contributed by atoms with Gasteiger partial charge >= 0.3 is 0 Å². The van der Waals surface area contributed by atoms with Crippen molar-refractivity contribution in [2.75, 3.05) is 0 Å². The molecule has 3 atom stereocenters. The lowest BCUT2D eigenvalue weighted by atomic mass is 9.89. The molecule has 0 amide bonds. The van der Waals surface area contributed by atoms with Crippen LogP contribution in [0.3, 0.4) is 0 Å². The molecule has 2 bridgehead atoms. The van der Waals surface area contributed by atoms with Crippen LogP contribution < -0.4 is 0 Å². The monoisotopic (exact) mass is 176 g/mol. The van der Waals surface area contributed by atoms with Crippen LogP contribution in [-0.4, -0.2) is 0 Å². The van der Waals surface area contributed by atoms with Gasteiger partial charge < -0.3 is 0 Å². The maximum absolute atomic E-state index is 2.45. The number of rotatable bonds is 1. The summed E-state index contributed by atoms with van der Waals surface area (Å²) in [6, 6.07) is 0. The fraction of sp³-hybridized carbons (Fsp3) is 0.692. The zero-order valence-electron chi connectivity index (χ0n) is 8.96. The summed E-state index contributed by atoms with van der Waals surface area (Å²) in [7, 11) is 0. The summed E-state index contributed by atoms with van der Waals surface area (Å²) >= 11 is 0. The van der Waals surface area contributed by atoms with Crippen LogP contribution in [0.25, 0.3) is 0 Å². The summed E-state index contributed by atoms with van der Waals surface area (Å²) in [6.45, 7) is 6.81. The second-order valence-corrected chi connectivity index (χ2v) is 5.67. The van der Waals surface area contributed by atoms with Crippen LogP contribution in [0, 0.1) is 23.2 Å². The Morgan fingerprint density at radius 2 is 1.92 bits per heavy atom. The van der Waals surface area contributed by atoms with E-state index < -0.39 is 0 Å². The van der Waals surface area contributed by atoms with Crippen LogP contribution in [0.2, 0.25) is 0 Å². The highest BCUT2D eigenvalue weighted by Crippen LogP contribution is 2.44. The van der Waals surface area contributed by atoms with Gasteiger partial charge in [0.05, 0.1) is 0 Å². The van der Waals surface area contributed by atoms with Crippen molar-refractivity contribution in [1.29, 1.82) is 0 Å². The van der Waals surface area contributed by atoms with Gasteiger partial charge in [0.1, 0.15) is 0 Å². The predicted octanol–water partition coefficient (Wildman–Crippen LogP) is 3.80. The van der Waals surface area contributed by atoms with Gasteiger partial charge in [-0.05, 0) is 36.0 Å². The first kappa shape index (κ1) is 9.05. The molecule has 0 heterocycles. The van der Waals surface area contributed by atoms with E-state index in [-0.39, 0.29) is 0 Å². The second-order valence-electron chi connectivity index (χ2n) is 5.67. The summed E-state index contributed by atoms with van der Waals surface area (Å²) in [5.41, 5.74) is 0.353. The first-order chi connectivity index (χ1) is 6.04. The molecule has 1 saturated carbocycles. The van der Waals surface area contributed by atoms with Crippen molar-refractivity contribution in [2.45, 2.75) is 33.6 Å².